The Kier molecular flexibility index (Phi) is 5.44. The Hall–Kier alpha value is -3.40. The summed E-state index contributed by atoms with van der Waals surface area (Å²) in [5.74, 6) is -0.608. The van der Waals surface area contributed by atoms with Crippen LogP contribution >= 0.6 is 0 Å². The summed E-state index contributed by atoms with van der Waals surface area (Å²) in [6.07, 6.45) is 1.71. The number of carbonyl (C=O) groups excluding carboxylic acids is 2. The molecule has 4 nitrogen and oxygen atoms in total. The Bertz CT molecular complexity index is 957. The number of fused-ring (bicyclic) bond motifs is 1. The first-order valence-corrected chi connectivity index (χ1v) is 8.42. The van der Waals surface area contributed by atoms with E-state index >= 15 is 0 Å². The Balaban J connectivity index is 1.88. The quantitative estimate of drug-likeness (QED) is 0.694. The molecular weight excluding hydrogens is 324 g/mol. The zero-order valence-corrected chi connectivity index (χ0v) is 14.5. The molecule has 0 aromatic heterocycles. The van der Waals surface area contributed by atoms with Crippen molar-refractivity contribution in [3.05, 3.63) is 89.6 Å². The fourth-order valence-electron chi connectivity index (χ4n) is 2.75. The zero-order valence-electron chi connectivity index (χ0n) is 14.5. The van der Waals surface area contributed by atoms with Crippen molar-refractivity contribution in [1.29, 1.82) is 0 Å². The van der Waals surface area contributed by atoms with Gasteiger partial charge in [-0.3, -0.25) is 9.59 Å². The summed E-state index contributed by atoms with van der Waals surface area (Å²) in [6, 6.07) is 23.4. The number of amides is 2. The Morgan fingerprint density at radius 1 is 0.885 bits per heavy atom. The van der Waals surface area contributed by atoms with E-state index in [1.807, 2.05) is 72.8 Å². The SMILES string of the molecule is CC(=O)N/C(=C/c1cccc2ccccc12)C(=O)NCc1ccccc1. The van der Waals surface area contributed by atoms with Gasteiger partial charge in [0.15, 0.2) is 0 Å². The van der Waals surface area contributed by atoms with Crippen LogP contribution in [0.5, 0.6) is 0 Å². The van der Waals surface area contributed by atoms with Gasteiger partial charge in [-0.15, -0.1) is 0 Å². The maximum absolute atomic E-state index is 12.6. The first kappa shape index (κ1) is 17.4. The molecule has 4 heteroatoms. The second-order valence-corrected chi connectivity index (χ2v) is 5.98. The van der Waals surface area contributed by atoms with E-state index in [-0.39, 0.29) is 17.5 Å². The normalized spacial score (nSPS) is 11.2. The van der Waals surface area contributed by atoms with E-state index < -0.39 is 0 Å². The molecule has 3 aromatic rings. The lowest BCUT2D eigenvalue weighted by molar-refractivity contribution is -0.122. The lowest BCUT2D eigenvalue weighted by Crippen LogP contribution is -2.33. The topological polar surface area (TPSA) is 58.2 Å². The van der Waals surface area contributed by atoms with Gasteiger partial charge in [0.25, 0.3) is 5.91 Å². The molecule has 3 rings (SSSR count). The van der Waals surface area contributed by atoms with Crippen LogP contribution in [0.1, 0.15) is 18.1 Å². The summed E-state index contributed by atoms with van der Waals surface area (Å²) in [5, 5.41) is 7.59. The molecule has 0 radical (unpaired) electrons. The number of hydrogen-bond donors (Lipinski definition) is 2. The Morgan fingerprint density at radius 3 is 2.35 bits per heavy atom. The monoisotopic (exact) mass is 344 g/mol. The van der Waals surface area contributed by atoms with Crippen molar-refractivity contribution in [3.8, 4) is 0 Å². The van der Waals surface area contributed by atoms with Gasteiger partial charge in [0, 0.05) is 13.5 Å². The second-order valence-electron chi connectivity index (χ2n) is 5.98. The average molecular weight is 344 g/mol. The summed E-state index contributed by atoms with van der Waals surface area (Å²) in [4.78, 5) is 24.2. The highest BCUT2D eigenvalue weighted by molar-refractivity contribution is 6.03. The predicted octanol–water partition coefficient (Wildman–Crippen LogP) is 3.63. The molecule has 2 N–H and O–H groups in total. The van der Waals surface area contributed by atoms with Crippen LogP contribution in [0.15, 0.2) is 78.5 Å². The van der Waals surface area contributed by atoms with Gasteiger partial charge in [-0.25, -0.2) is 0 Å². The van der Waals surface area contributed by atoms with Crippen molar-refractivity contribution in [2.45, 2.75) is 13.5 Å². The van der Waals surface area contributed by atoms with Gasteiger partial charge in [0.2, 0.25) is 5.91 Å². The van der Waals surface area contributed by atoms with Crippen LogP contribution in [-0.2, 0) is 16.1 Å². The first-order chi connectivity index (χ1) is 12.6. The van der Waals surface area contributed by atoms with Gasteiger partial charge >= 0.3 is 0 Å². The maximum Gasteiger partial charge on any atom is 0.268 e. The van der Waals surface area contributed by atoms with Crippen LogP contribution in [0.4, 0.5) is 0 Å². The molecule has 0 aliphatic carbocycles. The van der Waals surface area contributed by atoms with Crippen LogP contribution in [0.2, 0.25) is 0 Å². The largest absolute Gasteiger partial charge is 0.347 e. The molecule has 2 amide bonds. The fourth-order valence-corrected chi connectivity index (χ4v) is 2.75. The van der Waals surface area contributed by atoms with Crippen molar-refractivity contribution in [2.75, 3.05) is 0 Å². The molecule has 0 aliphatic rings. The van der Waals surface area contributed by atoms with E-state index in [1.54, 1.807) is 6.08 Å². The molecule has 0 heterocycles. The lowest BCUT2D eigenvalue weighted by Gasteiger charge is -2.11. The molecule has 3 aromatic carbocycles. The smallest absolute Gasteiger partial charge is 0.268 e. The lowest BCUT2D eigenvalue weighted by atomic mass is 10.0. The van der Waals surface area contributed by atoms with Crippen molar-refractivity contribution < 1.29 is 9.59 Å². The molecule has 0 saturated carbocycles. The molecule has 0 atom stereocenters. The van der Waals surface area contributed by atoms with Gasteiger partial charge < -0.3 is 10.6 Å². The molecule has 26 heavy (non-hydrogen) atoms. The maximum atomic E-state index is 12.6. The zero-order chi connectivity index (χ0) is 18.4. The summed E-state index contributed by atoms with van der Waals surface area (Å²) in [6.45, 7) is 1.79. The van der Waals surface area contributed by atoms with Gasteiger partial charge in [0.05, 0.1) is 0 Å². The number of carbonyl (C=O) groups is 2. The van der Waals surface area contributed by atoms with Crippen molar-refractivity contribution in [2.24, 2.45) is 0 Å². The second kappa shape index (κ2) is 8.12. The van der Waals surface area contributed by atoms with Crippen molar-refractivity contribution in [3.63, 3.8) is 0 Å². The number of nitrogens with one attached hydrogen (secondary N) is 2. The summed E-state index contributed by atoms with van der Waals surface area (Å²) in [7, 11) is 0. The minimum Gasteiger partial charge on any atom is -0.347 e. The van der Waals surface area contributed by atoms with Crippen LogP contribution in [0.25, 0.3) is 16.8 Å². The standard InChI is InChI=1S/C22H20N2O2/c1-16(25)24-21(22(26)23-15-17-8-3-2-4-9-17)14-19-12-7-11-18-10-5-6-13-20(18)19/h2-14H,15H2,1H3,(H,23,26)(H,24,25)/b21-14+. The van der Waals surface area contributed by atoms with E-state index in [0.29, 0.717) is 6.54 Å². The van der Waals surface area contributed by atoms with Crippen LogP contribution in [0, 0.1) is 0 Å². The third-order valence-electron chi connectivity index (χ3n) is 3.97. The number of hydrogen-bond acceptors (Lipinski definition) is 2. The van der Waals surface area contributed by atoms with Gasteiger partial charge in [-0.05, 0) is 28.0 Å². The summed E-state index contributed by atoms with van der Waals surface area (Å²) < 4.78 is 0. The van der Waals surface area contributed by atoms with Crippen LogP contribution < -0.4 is 10.6 Å². The van der Waals surface area contributed by atoms with Gasteiger partial charge in [-0.1, -0.05) is 72.8 Å². The fraction of sp³-hybridized carbons (Fsp3) is 0.0909. The molecule has 0 bridgehead atoms. The minimum absolute atomic E-state index is 0.227. The Morgan fingerprint density at radius 2 is 1.58 bits per heavy atom. The summed E-state index contributed by atoms with van der Waals surface area (Å²) >= 11 is 0. The highest BCUT2D eigenvalue weighted by Crippen LogP contribution is 2.20. The molecule has 0 fully saturated rings. The van der Waals surface area contributed by atoms with Gasteiger partial charge in [-0.2, -0.15) is 0 Å². The molecule has 0 aliphatic heterocycles. The highest BCUT2D eigenvalue weighted by atomic mass is 16.2. The highest BCUT2D eigenvalue weighted by Gasteiger charge is 2.12. The molecule has 0 unspecified atom stereocenters. The van der Waals surface area contributed by atoms with E-state index in [0.717, 1.165) is 21.9 Å². The van der Waals surface area contributed by atoms with E-state index in [2.05, 4.69) is 10.6 Å². The molecule has 130 valence electrons. The van der Waals surface area contributed by atoms with Gasteiger partial charge in [0.1, 0.15) is 5.70 Å². The average Bonchev–Trinajstić information content (AvgIpc) is 2.66. The first-order valence-electron chi connectivity index (χ1n) is 8.42. The van der Waals surface area contributed by atoms with Crippen LogP contribution in [-0.4, -0.2) is 11.8 Å². The van der Waals surface area contributed by atoms with Crippen molar-refractivity contribution >= 4 is 28.7 Å². The number of rotatable bonds is 5. The molecular formula is C22H20N2O2. The van der Waals surface area contributed by atoms with E-state index in [4.69, 9.17) is 0 Å². The predicted molar refractivity (Wildman–Crippen MR) is 104 cm³/mol. The number of benzene rings is 3. The van der Waals surface area contributed by atoms with Crippen molar-refractivity contribution in [1.82, 2.24) is 10.6 Å². The van der Waals surface area contributed by atoms with E-state index in [1.165, 1.54) is 6.92 Å². The molecule has 0 saturated heterocycles. The third kappa shape index (κ3) is 4.36. The molecule has 0 spiro atoms. The minimum atomic E-state index is -0.322. The van der Waals surface area contributed by atoms with Crippen LogP contribution in [0.3, 0.4) is 0 Å². The summed E-state index contributed by atoms with van der Waals surface area (Å²) in [5.41, 5.74) is 2.10. The Labute approximate surface area is 152 Å². The van der Waals surface area contributed by atoms with E-state index in [9.17, 15) is 9.59 Å². The third-order valence-corrected chi connectivity index (χ3v) is 3.97.